The third-order valence-electron chi connectivity index (χ3n) is 1.51. The molecule has 0 saturated carbocycles. The van der Waals surface area contributed by atoms with Gasteiger partial charge in [0.15, 0.2) is 0 Å². The number of esters is 1. The van der Waals surface area contributed by atoms with E-state index in [9.17, 15) is 9.59 Å². The van der Waals surface area contributed by atoms with Crippen LogP contribution in [0.1, 0.15) is 23.1 Å². The molecule has 1 rings (SSSR count). The van der Waals surface area contributed by atoms with Crippen LogP contribution in [0.3, 0.4) is 0 Å². The highest BCUT2D eigenvalue weighted by molar-refractivity contribution is 7.17. The highest BCUT2D eigenvalue weighted by Crippen LogP contribution is 2.14. The van der Waals surface area contributed by atoms with Gasteiger partial charge in [0.1, 0.15) is 0 Å². The maximum Gasteiger partial charge on any atom is 0.307 e. The Bertz CT molecular complexity index is 382. The van der Waals surface area contributed by atoms with Crippen LogP contribution in [-0.4, -0.2) is 35.2 Å². The van der Waals surface area contributed by atoms with Gasteiger partial charge in [0.2, 0.25) is 9.47 Å². The number of rotatable bonds is 5. The number of ether oxygens (including phenoxy) is 1. The third-order valence-corrected chi connectivity index (χ3v) is 2.53. The van der Waals surface area contributed by atoms with Gasteiger partial charge in [-0.1, -0.05) is 11.3 Å². The summed E-state index contributed by atoms with van der Waals surface area (Å²) in [4.78, 5) is 22.3. The zero-order valence-corrected chi connectivity index (χ0v) is 10.1. The molecule has 0 unspecified atom stereocenters. The molecule has 0 bridgehead atoms. The van der Waals surface area contributed by atoms with E-state index in [0.29, 0.717) is 6.61 Å². The molecule has 0 fully saturated rings. The minimum Gasteiger partial charge on any atom is -0.466 e. The fourth-order valence-electron chi connectivity index (χ4n) is 0.884. The van der Waals surface area contributed by atoms with E-state index in [0.717, 1.165) is 11.3 Å². The Kier molecular flexibility index (Phi) is 5.13. The van der Waals surface area contributed by atoms with E-state index in [1.807, 2.05) is 0 Å². The molecule has 0 atom stereocenters. The summed E-state index contributed by atoms with van der Waals surface area (Å²) < 4.78 is 4.90. The normalized spacial score (nSPS) is 9.88. The summed E-state index contributed by atoms with van der Waals surface area (Å²) in [6.07, 6.45) is 0.131. The molecular formula is C8H10ClN3O3S. The average molecular weight is 264 g/mol. The Morgan fingerprint density at radius 2 is 2.25 bits per heavy atom. The van der Waals surface area contributed by atoms with Crippen molar-refractivity contribution in [3.8, 4) is 0 Å². The monoisotopic (exact) mass is 263 g/mol. The lowest BCUT2D eigenvalue weighted by Gasteiger charge is -2.02. The Morgan fingerprint density at radius 3 is 2.81 bits per heavy atom. The van der Waals surface area contributed by atoms with E-state index in [1.54, 1.807) is 6.92 Å². The van der Waals surface area contributed by atoms with E-state index < -0.39 is 5.91 Å². The number of carbonyl (C=O) groups is 2. The summed E-state index contributed by atoms with van der Waals surface area (Å²) in [5.41, 5.74) is 0. The Hall–Kier alpha value is -1.21. The molecule has 1 heterocycles. The molecule has 88 valence electrons. The summed E-state index contributed by atoms with van der Waals surface area (Å²) >= 11 is 6.50. The number of aromatic nitrogens is 2. The zero-order valence-electron chi connectivity index (χ0n) is 8.53. The number of nitrogens with one attached hydrogen (secondary N) is 1. The van der Waals surface area contributed by atoms with Crippen LogP contribution in [0.25, 0.3) is 0 Å². The molecule has 0 aliphatic heterocycles. The van der Waals surface area contributed by atoms with Crippen LogP contribution >= 0.6 is 22.9 Å². The predicted molar refractivity (Wildman–Crippen MR) is 58.5 cm³/mol. The van der Waals surface area contributed by atoms with Crippen LogP contribution in [0.5, 0.6) is 0 Å². The molecule has 6 nitrogen and oxygen atoms in total. The first-order valence-corrected chi connectivity index (χ1v) is 5.75. The predicted octanol–water partition coefficient (Wildman–Crippen LogP) is 0.875. The van der Waals surface area contributed by atoms with E-state index >= 15 is 0 Å². The number of carbonyl (C=O) groups excluding carboxylic acids is 2. The van der Waals surface area contributed by atoms with Crippen molar-refractivity contribution in [2.75, 3.05) is 13.2 Å². The van der Waals surface area contributed by atoms with Gasteiger partial charge in [-0.05, 0) is 18.5 Å². The molecule has 1 N–H and O–H groups in total. The van der Waals surface area contributed by atoms with E-state index in [-0.39, 0.29) is 28.4 Å². The van der Waals surface area contributed by atoms with Crippen molar-refractivity contribution in [3.05, 3.63) is 9.47 Å². The summed E-state index contributed by atoms with van der Waals surface area (Å²) in [7, 11) is 0. The van der Waals surface area contributed by atoms with Gasteiger partial charge in [0.05, 0.1) is 13.0 Å². The van der Waals surface area contributed by atoms with Crippen LogP contribution < -0.4 is 5.32 Å². The minimum absolute atomic E-state index is 0.131. The van der Waals surface area contributed by atoms with Crippen LogP contribution in [0.4, 0.5) is 0 Å². The van der Waals surface area contributed by atoms with E-state index in [1.165, 1.54) is 0 Å². The lowest BCUT2D eigenvalue weighted by atomic mass is 10.4. The van der Waals surface area contributed by atoms with Gasteiger partial charge in [-0.2, -0.15) is 0 Å². The van der Waals surface area contributed by atoms with Crippen LogP contribution in [0.2, 0.25) is 4.47 Å². The summed E-state index contributed by atoms with van der Waals surface area (Å²) in [6.45, 7) is 2.26. The standard InChI is InChI=1S/C8H10ClN3O3S/c1-2-15-5(13)3-4-10-6(14)7-11-12-8(9)16-7/h2-4H2,1H3,(H,10,14). The SMILES string of the molecule is CCOC(=O)CCNC(=O)c1nnc(Cl)s1. The number of hydrogen-bond donors (Lipinski definition) is 1. The van der Waals surface area contributed by atoms with Crippen LogP contribution in [-0.2, 0) is 9.53 Å². The molecule has 0 saturated heterocycles. The van der Waals surface area contributed by atoms with Crippen LogP contribution in [0.15, 0.2) is 0 Å². The second-order valence-electron chi connectivity index (χ2n) is 2.67. The maximum absolute atomic E-state index is 11.4. The summed E-state index contributed by atoms with van der Waals surface area (Å²) in [5.74, 6) is -0.744. The first kappa shape index (κ1) is 12.9. The third kappa shape index (κ3) is 4.11. The summed E-state index contributed by atoms with van der Waals surface area (Å²) in [5, 5.41) is 9.74. The van der Waals surface area contributed by atoms with Gasteiger partial charge < -0.3 is 10.1 Å². The van der Waals surface area contributed by atoms with E-state index in [4.69, 9.17) is 16.3 Å². The largest absolute Gasteiger partial charge is 0.466 e. The number of hydrogen-bond acceptors (Lipinski definition) is 6. The minimum atomic E-state index is -0.395. The van der Waals surface area contributed by atoms with Gasteiger partial charge in [-0.3, -0.25) is 9.59 Å². The van der Waals surface area contributed by atoms with Gasteiger partial charge in [0, 0.05) is 6.54 Å². The lowest BCUT2D eigenvalue weighted by Crippen LogP contribution is -2.26. The number of nitrogens with zero attached hydrogens (tertiary/aromatic N) is 2. The molecule has 0 spiro atoms. The molecule has 1 amide bonds. The zero-order chi connectivity index (χ0) is 12.0. The second kappa shape index (κ2) is 6.39. The Balaban J connectivity index is 2.28. The van der Waals surface area contributed by atoms with E-state index in [2.05, 4.69) is 15.5 Å². The molecule has 0 aliphatic carbocycles. The van der Waals surface area contributed by atoms with Crippen molar-refractivity contribution in [1.29, 1.82) is 0 Å². The number of amides is 1. The Labute approximate surface area is 101 Å². The highest BCUT2D eigenvalue weighted by atomic mass is 35.5. The average Bonchev–Trinajstić information content (AvgIpc) is 2.65. The highest BCUT2D eigenvalue weighted by Gasteiger charge is 2.11. The molecule has 0 radical (unpaired) electrons. The molecule has 0 aromatic carbocycles. The van der Waals surface area contributed by atoms with Crippen molar-refractivity contribution >= 4 is 34.8 Å². The van der Waals surface area contributed by atoms with Crippen molar-refractivity contribution < 1.29 is 14.3 Å². The first-order chi connectivity index (χ1) is 7.63. The molecular weight excluding hydrogens is 254 g/mol. The number of halogens is 1. The van der Waals surface area contributed by atoms with Gasteiger partial charge in [-0.15, -0.1) is 10.2 Å². The summed E-state index contributed by atoms with van der Waals surface area (Å²) in [6, 6.07) is 0. The van der Waals surface area contributed by atoms with Crippen molar-refractivity contribution in [3.63, 3.8) is 0 Å². The first-order valence-electron chi connectivity index (χ1n) is 4.56. The van der Waals surface area contributed by atoms with Crippen LogP contribution in [0, 0.1) is 0 Å². The lowest BCUT2D eigenvalue weighted by molar-refractivity contribution is -0.142. The van der Waals surface area contributed by atoms with Gasteiger partial charge in [0.25, 0.3) is 5.91 Å². The van der Waals surface area contributed by atoms with Gasteiger partial charge in [-0.25, -0.2) is 0 Å². The molecule has 8 heteroatoms. The molecule has 1 aromatic rings. The topological polar surface area (TPSA) is 81.2 Å². The smallest absolute Gasteiger partial charge is 0.307 e. The maximum atomic E-state index is 11.4. The fourth-order valence-corrected chi connectivity index (χ4v) is 1.63. The quantitative estimate of drug-likeness (QED) is 0.798. The molecule has 0 aliphatic rings. The molecule has 1 aromatic heterocycles. The van der Waals surface area contributed by atoms with Crippen molar-refractivity contribution in [2.45, 2.75) is 13.3 Å². The van der Waals surface area contributed by atoms with Gasteiger partial charge >= 0.3 is 5.97 Å². The fraction of sp³-hybridized carbons (Fsp3) is 0.500. The Morgan fingerprint density at radius 1 is 1.50 bits per heavy atom. The van der Waals surface area contributed by atoms with Crippen molar-refractivity contribution in [2.24, 2.45) is 0 Å². The van der Waals surface area contributed by atoms with Crippen molar-refractivity contribution in [1.82, 2.24) is 15.5 Å². The molecule has 16 heavy (non-hydrogen) atoms. The second-order valence-corrected chi connectivity index (χ2v) is 4.23.